The van der Waals surface area contributed by atoms with E-state index in [2.05, 4.69) is 46.4 Å². The van der Waals surface area contributed by atoms with Gasteiger partial charge in [0.2, 0.25) is 0 Å². The average molecular weight is 374 g/mol. The first-order valence-corrected chi connectivity index (χ1v) is 9.99. The van der Waals surface area contributed by atoms with Gasteiger partial charge in [-0.1, -0.05) is 48.5 Å². The van der Waals surface area contributed by atoms with Crippen LogP contribution in [0.15, 0.2) is 66.7 Å². The lowest BCUT2D eigenvalue weighted by Gasteiger charge is -2.34. The zero-order chi connectivity index (χ0) is 19.3. The van der Waals surface area contributed by atoms with E-state index in [1.807, 2.05) is 42.5 Å². The number of anilines is 1. The van der Waals surface area contributed by atoms with Gasteiger partial charge >= 0.3 is 0 Å². The number of piperazine rings is 1. The van der Waals surface area contributed by atoms with E-state index in [-0.39, 0.29) is 5.91 Å². The monoisotopic (exact) mass is 373 g/mol. The van der Waals surface area contributed by atoms with E-state index in [1.54, 1.807) is 0 Å². The van der Waals surface area contributed by atoms with E-state index in [0.29, 0.717) is 6.54 Å². The molecular weight excluding hydrogens is 346 g/mol. The Kier molecular flexibility index (Phi) is 5.58. The first kappa shape index (κ1) is 18.5. The predicted octanol–water partition coefficient (Wildman–Crippen LogP) is 3.56. The van der Waals surface area contributed by atoms with E-state index in [9.17, 15) is 4.79 Å². The highest BCUT2D eigenvalue weighted by molar-refractivity contribution is 6.06. The Morgan fingerprint density at radius 1 is 0.893 bits per heavy atom. The summed E-state index contributed by atoms with van der Waals surface area (Å²) in [5.41, 5.74) is 3.27. The molecule has 1 N–H and O–H groups in total. The maximum absolute atomic E-state index is 12.6. The van der Waals surface area contributed by atoms with Crippen LogP contribution in [0.4, 0.5) is 5.69 Å². The molecule has 0 unspecified atom stereocenters. The van der Waals surface area contributed by atoms with Crippen molar-refractivity contribution in [2.24, 2.45) is 0 Å². The number of amides is 1. The molecule has 144 valence electrons. The Morgan fingerprint density at radius 3 is 2.39 bits per heavy atom. The minimum atomic E-state index is -0.00847. The lowest BCUT2D eigenvalue weighted by atomic mass is 10.0. The molecule has 1 aliphatic rings. The molecule has 4 rings (SSSR count). The molecule has 0 spiro atoms. The number of hydrogen-bond donors (Lipinski definition) is 1. The quantitative estimate of drug-likeness (QED) is 0.743. The maximum Gasteiger partial charge on any atom is 0.251 e. The highest BCUT2D eigenvalue weighted by Crippen LogP contribution is 2.19. The van der Waals surface area contributed by atoms with E-state index < -0.39 is 0 Å². The first-order valence-electron chi connectivity index (χ1n) is 9.99. The molecule has 1 heterocycles. The summed E-state index contributed by atoms with van der Waals surface area (Å²) >= 11 is 0. The van der Waals surface area contributed by atoms with Crippen molar-refractivity contribution in [3.8, 4) is 0 Å². The van der Waals surface area contributed by atoms with Gasteiger partial charge in [0.15, 0.2) is 0 Å². The summed E-state index contributed by atoms with van der Waals surface area (Å²) in [7, 11) is 2.17. The SMILES string of the molecule is CN1CCN(c2ccc(CCNC(=O)c3cccc4ccccc34)cc2)CC1. The molecule has 0 radical (unpaired) electrons. The van der Waals surface area contributed by atoms with Crippen LogP contribution in [0.25, 0.3) is 10.8 Å². The van der Waals surface area contributed by atoms with Crippen molar-refractivity contribution in [1.82, 2.24) is 10.2 Å². The molecule has 4 nitrogen and oxygen atoms in total. The van der Waals surface area contributed by atoms with Crippen LogP contribution in [0, 0.1) is 0 Å². The Hall–Kier alpha value is -2.85. The molecule has 1 aliphatic heterocycles. The third-order valence-corrected chi connectivity index (χ3v) is 5.54. The molecule has 28 heavy (non-hydrogen) atoms. The first-order chi connectivity index (χ1) is 13.7. The molecule has 4 heteroatoms. The number of rotatable bonds is 5. The molecule has 3 aromatic carbocycles. The average Bonchev–Trinajstić information content (AvgIpc) is 2.74. The minimum Gasteiger partial charge on any atom is -0.369 e. The lowest BCUT2D eigenvalue weighted by Crippen LogP contribution is -2.44. The standard InChI is InChI=1S/C24H27N3O/c1-26-15-17-27(18-16-26)21-11-9-19(10-12-21)13-14-25-24(28)23-8-4-6-20-5-2-3-7-22(20)23/h2-12H,13-18H2,1H3,(H,25,28). The second kappa shape index (κ2) is 8.44. The normalized spacial score (nSPS) is 15.0. The van der Waals surface area contributed by atoms with Gasteiger partial charge < -0.3 is 15.1 Å². The zero-order valence-electron chi connectivity index (χ0n) is 16.4. The van der Waals surface area contributed by atoms with Crippen LogP contribution in [0.2, 0.25) is 0 Å². The Morgan fingerprint density at radius 2 is 1.61 bits per heavy atom. The van der Waals surface area contributed by atoms with E-state index in [1.165, 1.54) is 11.3 Å². The van der Waals surface area contributed by atoms with Crippen molar-refractivity contribution < 1.29 is 4.79 Å². The summed E-state index contributed by atoms with van der Waals surface area (Å²) in [6.45, 7) is 5.02. The van der Waals surface area contributed by atoms with E-state index in [4.69, 9.17) is 0 Å². The zero-order valence-corrected chi connectivity index (χ0v) is 16.4. The largest absolute Gasteiger partial charge is 0.369 e. The van der Waals surface area contributed by atoms with Crippen molar-refractivity contribution >= 4 is 22.4 Å². The van der Waals surface area contributed by atoms with Gasteiger partial charge in [0, 0.05) is 44.0 Å². The van der Waals surface area contributed by atoms with Crippen LogP contribution >= 0.6 is 0 Å². The number of carbonyl (C=O) groups is 1. The number of fused-ring (bicyclic) bond motifs is 1. The molecule has 0 bridgehead atoms. The van der Waals surface area contributed by atoms with Crippen LogP contribution in [-0.4, -0.2) is 50.6 Å². The van der Waals surface area contributed by atoms with Crippen LogP contribution in [0.3, 0.4) is 0 Å². The molecule has 0 aromatic heterocycles. The molecule has 1 amide bonds. The van der Waals surface area contributed by atoms with Gasteiger partial charge in [0.1, 0.15) is 0 Å². The number of nitrogens with zero attached hydrogens (tertiary/aromatic N) is 2. The molecular formula is C24H27N3O. The Bertz CT molecular complexity index is 938. The number of likely N-dealkylation sites (N-methyl/N-ethyl adjacent to an activating group) is 1. The fourth-order valence-electron chi connectivity index (χ4n) is 3.78. The lowest BCUT2D eigenvalue weighted by molar-refractivity contribution is 0.0956. The maximum atomic E-state index is 12.6. The number of carbonyl (C=O) groups excluding carboxylic acids is 1. The molecule has 0 aliphatic carbocycles. The van der Waals surface area contributed by atoms with Gasteiger partial charge in [0.05, 0.1) is 0 Å². The fraction of sp³-hybridized carbons (Fsp3) is 0.292. The highest BCUT2D eigenvalue weighted by atomic mass is 16.1. The Labute approximate surface area is 166 Å². The Balaban J connectivity index is 1.33. The summed E-state index contributed by atoms with van der Waals surface area (Å²) in [5, 5.41) is 5.16. The third kappa shape index (κ3) is 4.18. The number of hydrogen-bond acceptors (Lipinski definition) is 3. The minimum absolute atomic E-state index is 0.00847. The van der Waals surface area contributed by atoms with E-state index in [0.717, 1.165) is 48.9 Å². The second-order valence-electron chi connectivity index (χ2n) is 7.49. The van der Waals surface area contributed by atoms with Crippen LogP contribution in [-0.2, 0) is 6.42 Å². The van der Waals surface area contributed by atoms with Gasteiger partial charge in [-0.25, -0.2) is 0 Å². The summed E-state index contributed by atoms with van der Waals surface area (Å²) in [5.74, 6) is -0.00847. The molecule has 1 saturated heterocycles. The van der Waals surface area contributed by atoms with Crippen molar-refractivity contribution in [2.75, 3.05) is 44.7 Å². The number of nitrogens with one attached hydrogen (secondary N) is 1. The topological polar surface area (TPSA) is 35.6 Å². The van der Waals surface area contributed by atoms with Crippen LogP contribution in [0.1, 0.15) is 15.9 Å². The van der Waals surface area contributed by atoms with Gasteiger partial charge in [0.25, 0.3) is 5.91 Å². The molecule has 3 aromatic rings. The number of benzene rings is 3. The fourth-order valence-corrected chi connectivity index (χ4v) is 3.78. The van der Waals surface area contributed by atoms with Gasteiger partial charge in [-0.2, -0.15) is 0 Å². The highest BCUT2D eigenvalue weighted by Gasteiger charge is 2.14. The van der Waals surface area contributed by atoms with Crippen molar-refractivity contribution in [2.45, 2.75) is 6.42 Å². The van der Waals surface area contributed by atoms with Crippen LogP contribution in [0.5, 0.6) is 0 Å². The van der Waals surface area contributed by atoms with Crippen molar-refractivity contribution in [3.05, 3.63) is 77.9 Å². The second-order valence-corrected chi connectivity index (χ2v) is 7.49. The van der Waals surface area contributed by atoms with Crippen molar-refractivity contribution in [1.29, 1.82) is 0 Å². The van der Waals surface area contributed by atoms with Crippen molar-refractivity contribution in [3.63, 3.8) is 0 Å². The molecule has 1 fully saturated rings. The molecule has 0 atom stereocenters. The van der Waals surface area contributed by atoms with E-state index >= 15 is 0 Å². The van der Waals surface area contributed by atoms with Gasteiger partial charge in [-0.3, -0.25) is 4.79 Å². The smallest absolute Gasteiger partial charge is 0.251 e. The van der Waals surface area contributed by atoms with Gasteiger partial charge in [-0.15, -0.1) is 0 Å². The van der Waals surface area contributed by atoms with Gasteiger partial charge in [-0.05, 0) is 48.0 Å². The third-order valence-electron chi connectivity index (χ3n) is 5.54. The molecule has 0 saturated carbocycles. The summed E-state index contributed by atoms with van der Waals surface area (Å²) < 4.78 is 0. The summed E-state index contributed by atoms with van der Waals surface area (Å²) in [4.78, 5) is 17.4. The summed E-state index contributed by atoms with van der Waals surface area (Å²) in [6.07, 6.45) is 0.833. The predicted molar refractivity (Wildman–Crippen MR) is 116 cm³/mol. The van der Waals surface area contributed by atoms with Crippen LogP contribution < -0.4 is 10.2 Å². The summed E-state index contributed by atoms with van der Waals surface area (Å²) in [6, 6.07) is 22.6.